The molecular formula is C30H39BrN2O5. The van der Waals surface area contributed by atoms with Gasteiger partial charge in [-0.2, -0.15) is 0 Å². The van der Waals surface area contributed by atoms with E-state index >= 15 is 0 Å². The van der Waals surface area contributed by atoms with E-state index in [0.29, 0.717) is 29.2 Å². The zero-order valence-electron chi connectivity index (χ0n) is 22.8. The monoisotopic (exact) mass is 586 g/mol. The summed E-state index contributed by atoms with van der Waals surface area (Å²) in [5.74, 6) is -0.435. The molecule has 2 aromatic carbocycles. The molecule has 8 heteroatoms. The number of ketones is 1. The number of methoxy groups -OCH3 is 2. The van der Waals surface area contributed by atoms with Crippen LogP contribution in [-0.4, -0.2) is 67.0 Å². The lowest BCUT2D eigenvalue weighted by Crippen LogP contribution is -2.34. The number of carbonyl (C=O) groups is 2. The van der Waals surface area contributed by atoms with Gasteiger partial charge in [0.2, 0.25) is 0 Å². The molecule has 0 saturated carbocycles. The summed E-state index contributed by atoms with van der Waals surface area (Å²) in [7, 11) is 3.10. The van der Waals surface area contributed by atoms with Gasteiger partial charge in [0, 0.05) is 16.6 Å². The highest BCUT2D eigenvalue weighted by atomic mass is 79.9. The number of aliphatic hydroxyl groups excluding tert-OH is 1. The van der Waals surface area contributed by atoms with Crippen LogP contribution in [0.3, 0.4) is 0 Å². The molecule has 1 aliphatic heterocycles. The minimum atomic E-state index is -0.738. The first-order chi connectivity index (χ1) is 18.4. The van der Waals surface area contributed by atoms with E-state index in [1.54, 1.807) is 55.5 Å². The smallest absolute Gasteiger partial charge is 0.295 e. The van der Waals surface area contributed by atoms with Crippen LogP contribution in [0.4, 0.5) is 0 Å². The summed E-state index contributed by atoms with van der Waals surface area (Å²) in [6.07, 6.45) is 5.25. The number of halogens is 1. The Morgan fingerprint density at radius 1 is 0.921 bits per heavy atom. The second-order valence-electron chi connectivity index (χ2n) is 9.52. The number of amides is 1. The van der Waals surface area contributed by atoms with Crippen molar-refractivity contribution in [3.63, 3.8) is 0 Å². The zero-order chi connectivity index (χ0) is 27.7. The fourth-order valence-corrected chi connectivity index (χ4v) is 5.07. The summed E-state index contributed by atoms with van der Waals surface area (Å²) >= 11 is 3.40. The van der Waals surface area contributed by atoms with Crippen molar-refractivity contribution in [2.24, 2.45) is 0 Å². The highest BCUT2D eigenvalue weighted by molar-refractivity contribution is 9.10. The van der Waals surface area contributed by atoms with Gasteiger partial charge < -0.3 is 24.4 Å². The van der Waals surface area contributed by atoms with E-state index in [0.717, 1.165) is 56.2 Å². The molecule has 0 aliphatic carbocycles. The van der Waals surface area contributed by atoms with Crippen molar-refractivity contribution in [3.05, 3.63) is 63.6 Å². The third-order valence-corrected chi connectivity index (χ3v) is 7.44. The topological polar surface area (TPSA) is 79.3 Å². The molecule has 0 radical (unpaired) electrons. The SMILES string of the molecule is CCCCN(CCCC)CCCN1C(=O)C(=O)/C(=C(\O)c2ccc(Br)cc2)C1c1ccc(OC)c(OC)c1. The Balaban J connectivity index is 1.98. The fraction of sp³-hybridized carbons (Fsp3) is 0.467. The molecule has 1 N–H and O–H groups in total. The van der Waals surface area contributed by atoms with Crippen LogP contribution in [0.2, 0.25) is 0 Å². The van der Waals surface area contributed by atoms with Gasteiger partial charge in [-0.05, 0) is 68.7 Å². The van der Waals surface area contributed by atoms with Gasteiger partial charge in [0.05, 0.1) is 25.8 Å². The number of hydrogen-bond donors (Lipinski definition) is 1. The summed E-state index contributed by atoms with van der Waals surface area (Å²) in [4.78, 5) is 30.7. The summed E-state index contributed by atoms with van der Waals surface area (Å²) in [6, 6.07) is 11.6. The predicted molar refractivity (Wildman–Crippen MR) is 154 cm³/mol. The van der Waals surface area contributed by atoms with Crippen LogP contribution in [0.25, 0.3) is 5.76 Å². The number of nitrogens with zero attached hydrogens (tertiary/aromatic N) is 2. The van der Waals surface area contributed by atoms with Gasteiger partial charge in [0.1, 0.15) is 5.76 Å². The number of carbonyl (C=O) groups excluding carboxylic acids is 2. The van der Waals surface area contributed by atoms with Crippen LogP contribution >= 0.6 is 15.9 Å². The van der Waals surface area contributed by atoms with Crippen molar-refractivity contribution in [2.45, 2.75) is 52.0 Å². The first-order valence-electron chi connectivity index (χ1n) is 13.3. The number of benzene rings is 2. The van der Waals surface area contributed by atoms with E-state index in [4.69, 9.17) is 9.47 Å². The largest absolute Gasteiger partial charge is 0.507 e. The van der Waals surface area contributed by atoms with E-state index in [1.807, 2.05) is 6.07 Å². The standard InChI is InChI=1S/C30H39BrN2O5/c1-5-7-16-32(17-8-6-2)18-9-19-33-27(22-12-15-24(37-3)25(20-22)38-4)26(29(35)30(33)36)28(34)21-10-13-23(31)14-11-21/h10-15,20,27,34H,5-9,16-19H2,1-4H3/b28-26-. The van der Waals surface area contributed by atoms with Crippen molar-refractivity contribution in [2.75, 3.05) is 40.4 Å². The molecule has 0 aromatic heterocycles. The predicted octanol–water partition coefficient (Wildman–Crippen LogP) is 6.18. The Kier molecular flexibility index (Phi) is 11.2. The van der Waals surface area contributed by atoms with Crippen LogP contribution in [-0.2, 0) is 9.59 Å². The molecule has 1 saturated heterocycles. The van der Waals surface area contributed by atoms with Crippen LogP contribution in [0.5, 0.6) is 11.5 Å². The van der Waals surface area contributed by atoms with Gasteiger partial charge in [0.15, 0.2) is 11.5 Å². The Labute approximate surface area is 234 Å². The molecule has 206 valence electrons. The van der Waals surface area contributed by atoms with Gasteiger partial charge in [-0.1, -0.05) is 60.8 Å². The third-order valence-electron chi connectivity index (χ3n) is 6.91. The van der Waals surface area contributed by atoms with Gasteiger partial charge >= 0.3 is 0 Å². The molecule has 7 nitrogen and oxygen atoms in total. The molecule has 1 amide bonds. The lowest BCUT2D eigenvalue weighted by Gasteiger charge is -2.28. The second-order valence-corrected chi connectivity index (χ2v) is 10.4. The molecule has 38 heavy (non-hydrogen) atoms. The number of Topliss-reactive ketones (excluding diaryl/α,β-unsaturated/α-hetero) is 1. The first-order valence-corrected chi connectivity index (χ1v) is 14.1. The summed E-state index contributed by atoms with van der Waals surface area (Å²) in [5.41, 5.74) is 1.23. The first kappa shape index (κ1) is 29.7. The maximum absolute atomic E-state index is 13.4. The highest BCUT2D eigenvalue weighted by Gasteiger charge is 2.46. The van der Waals surface area contributed by atoms with Gasteiger partial charge in [-0.3, -0.25) is 9.59 Å². The normalized spacial score (nSPS) is 16.9. The van der Waals surface area contributed by atoms with Crippen LogP contribution in [0, 0.1) is 0 Å². The van der Waals surface area contributed by atoms with Crippen molar-refractivity contribution < 1.29 is 24.2 Å². The fourth-order valence-electron chi connectivity index (χ4n) is 4.81. The number of unbranched alkanes of at least 4 members (excludes halogenated alkanes) is 2. The average Bonchev–Trinajstić information content (AvgIpc) is 3.18. The molecule has 0 bridgehead atoms. The van der Waals surface area contributed by atoms with Gasteiger partial charge in [-0.25, -0.2) is 0 Å². The van der Waals surface area contributed by atoms with Crippen molar-refractivity contribution >= 4 is 33.4 Å². The summed E-state index contributed by atoms with van der Waals surface area (Å²) in [5, 5.41) is 11.3. The van der Waals surface area contributed by atoms with Crippen LogP contribution in [0.15, 0.2) is 52.5 Å². The number of ether oxygens (including phenoxy) is 2. The molecule has 1 heterocycles. The highest BCUT2D eigenvalue weighted by Crippen LogP contribution is 2.42. The molecule has 1 atom stereocenters. The molecule has 3 rings (SSSR count). The lowest BCUT2D eigenvalue weighted by molar-refractivity contribution is -0.140. The quantitative estimate of drug-likeness (QED) is 0.162. The maximum Gasteiger partial charge on any atom is 0.295 e. The van der Waals surface area contributed by atoms with Gasteiger partial charge in [0.25, 0.3) is 11.7 Å². The number of rotatable bonds is 14. The van der Waals surface area contributed by atoms with Crippen molar-refractivity contribution in [1.82, 2.24) is 9.80 Å². The van der Waals surface area contributed by atoms with Crippen LogP contribution in [0.1, 0.15) is 63.1 Å². The lowest BCUT2D eigenvalue weighted by atomic mass is 9.95. The van der Waals surface area contributed by atoms with E-state index in [-0.39, 0.29) is 11.3 Å². The molecule has 1 fully saturated rings. The second kappa shape index (κ2) is 14.4. The minimum absolute atomic E-state index is 0.0818. The number of likely N-dealkylation sites (tertiary alicyclic amines) is 1. The zero-order valence-corrected chi connectivity index (χ0v) is 24.4. The van der Waals surface area contributed by atoms with Crippen LogP contribution < -0.4 is 9.47 Å². The molecule has 2 aromatic rings. The van der Waals surface area contributed by atoms with E-state index in [2.05, 4.69) is 34.7 Å². The minimum Gasteiger partial charge on any atom is -0.507 e. The Morgan fingerprint density at radius 3 is 2.11 bits per heavy atom. The molecule has 1 unspecified atom stereocenters. The Morgan fingerprint density at radius 2 is 1.53 bits per heavy atom. The summed E-state index contributed by atoms with van der Waals surface area (Å²) in [6.45, 7) is 7.66. The third kappa shape index (κ3) is 6.97. The Bertz CT molecular complexity index is 1120. The van der Waals surface area contributed by atoms with E-state index in [1.165, 1.54) is 0 Å². The van der Waals surface area contributed by atoms with Crippen molar-refractivity contribution in [1.29, 1.82) is 0 Å². The van der Waals surface area contributed by atoms with Crippen molar-refractivity contribution in [3.8, 4) is 11.5 Å². The van der Waals surface area contributed by atoms with Gasteiger partial charge in [-0.15, -0.1) is 0 Å². The summed E-state index contributed by atoms with van der Waals surface area (Å²) < 4.78 is 11.7. The molecule has 0 spiro atoms. The maximum atomic E-state index is 13.4. The van der Waals surface area contributed by atoms with E-state index < -0.39 is 17.7 Å². The number of hydrogen-bond acceptors (Lipinski definition) is 6. The molecular weight excluding hydrogens is 548 g/mol. The number of aliphatic hydroxyl groups is 1. The Hall–Kier alpha value is -2.84. The molecule has 1 aliphatic rings. The van der Waals surface area contributed by atoms with E-state index in [9.17, 15) is 14.7 Å². The average molecular weight is 588 g/mol.